The molecule has 1 N–H and O–H groups in total. The van der Waals surface area contributed by atoms with Crippen LogP contribution in [0, 0.1) is 56.7 Å². The highest BCUT2D eigenvalue weighted by Crippen LogP contribution is 2.77. The van der Waals surface area contributed by atoms with E-state index in [0.29, 0.717) is 27.6 Å². The maximum Gasteiger partial charge on any atom is 0.0594 e. The molecule has 0 saturated heterocycles. The molecule has 0 aromatic rings. The highest BCUT2D eigenvalue weighted by molar-refractivity contribution is 5.21. The summed E-state index contributed by atoms with van der Waals surface area (Å²) in [5, 5.41) is 11.0. The lowest BCUT2D eigenvalue weighted by molar-refractivity contribution is -0.248. The first kappa shape index (κ1) is 28.2. The van der Waals surface area contributed by atoms with Gasteiger partial charge in [0.05, 0.1) is 6.10 Å². The van der Waals surface area contributed by atoms with Gasteiger partial charge in [-0.15, -0.1) is 0 Å². The van der Waals surface area contributed by atoms with Gasteiger partial charge in [0.1, 0.15) is 0 Å². The van der Waals surface area contributed by atoms with Crippen molar-refractivity contribution in [1.82, 2.24) is 4.90 Å². The summed E-state index contributed by atoms with van der Waals surface area (Å²) in [5.41, 5.74) is 3.31. The van der Waals surface area contributed by atoms with Crippen molar-refractivity contribution in [2.75, 3.05) is 19.6 Å². The van der Waals surface area contributed by atoms with E-state index in [2.05, 4.69) is 66.9 Å². The van der Waals surface area contributed by atoms with Gasteiger partial charge >= 0.3 is 0 Å². The summed E-state index contributed by atoms with van der Waals surface area (Å²) in [4.78, 5) is 2.67. The molecule has 5 rings (SSSR count). The second-order valence-electron chi connectivity index (χ2n) is 16.2. The van der Waals surface area contributed by atoms with E-state index in [0.717, 1.165) is 30.1 Å². The third-order valence-electron chi connectivity index (χ3n) is 15.0. The molecule has 0 spiro atoms. The molecule has 37 heavy (non-hydrogen) atoms. The Labute approximate surface area is 230 Å². The summed E-state index contributed by atoms with van der Waals surface area (Å²) in [7, 11) is 0. The lowest BCUT2D eigenvalue weighted by Gasteiger charge is -2.73. The van der Waals surface area contributed by atoms with Gasteiger partial charge in [0, 0.05) is 0 Å². The van der Waals surface area contributed by atoms with E-state index in [1.165, 1.54) is 89.4 Å². The molecule has 0 unspecified atom stereocenters. The number of fused-ring (bicyclic) bond motifs is 7. The first-order valence-electron chi connectivity index (χ1n) is 16.4. The second kappa shape index (κ2) is 9.36. The number of aliphatic hydroxyl groups is 1. The third kappa shape index (κ3) is 3.83. The second-order valence-corrected chi connectivity index (χ2v) is 16.2. The SMILES string of the molecule is C=C(C)[C@@H]1CC[C@]2(CCN(CC)CC)CC[C@]3(C)[C@H](CC[C@@H]4[C@@]5(C)CC[C@H](O)C(C)(C)[C@@H]5CC[C@]43C)[C@@H]12. The Morgan fingerprint density at radius 1 is 0.811 bits per heavy atom. The minimum atomic E-state index is -0.127. The van der Waals surface area contributed by atoms with Crippen LogP contribution in [0.3, 0.4) is 0 Å². The molecule has 0 amide bonds. The lowest BCUT2D eigenvalue weighted by Crippen LogP contribution is -2.66. The largest absolute Gasteiger partial charge is 0.393 e. The zero-order valence-electron chi connectivity index (χ0n) is 26.0. The Morgan fingerprint density at radius 3 is 2.16 bits per heavy atom. The van der Waals surface area contributed by atoms with Crippen LogP contribution in [0.1, 0.15) is 126 Å². The zero-order chi connectivity index (χ0) is 27.0. The Balaban J connectivity index is 1.50. The molecule has 212 valence electrons. The average Bonchev–Trinajstić information content (AvgIpc) is 3.23. The van der Waals surface area contributed by atoms with Gasteiger partial charge in [0.2, 0.25) is 0 Å². The van der Waals surface area contributed by atoms with E-state index in [4.69, 9.17) is 0 Å². The molecule has 2 nitrogen and oxygen atoms in total. The fraction of sp³-hybridized carbons (Fsp3) is 0.943. The molecule has 10 atom stereocenters. The van der Waals surface area contributed by atoms with Crippen LogP contribution >= 0.6 is 0 Å². The molecule has 5 fully saturated rings. The van der Waals surface area contributed by atoms with Gasteiger partial charge in [0.25, 0.3) is 0 Å². The molecule has 5 aliphatic carbocycles. The van der Waals surface area contributed by atoms with E-state index in [9.17, 15) is 5.11 Å². The van der Waals surface area contributed by atoms with Crippen LogP contribution < -0.4 is 0 Å². The Kier molecular flexibility index (Phi) is 7.13. The van der Waals surface area contributed by atoms with Crippen LogP contribution in [0.4, 0.5) is 0 Å². The van der Waals surface area contributed by atoms with Gasteiger partial charge in [-0.25, -0.2) is 0 Å². The predicted molar refractivity (Wildman–Crippen MR) is 157 cm³/mol. The molecule has 5 saturated carbocycles. The normalized spacial score (nSPS) is 50.6. The fourth-order valence-electron chi connectivity index (χ4n) is 12.6. The molecule has 0 aliphatic heterocycles. The topological polar surface area (TPSA) is 23.5 Å². The Bertz CT molecular complexity index is 874. The van der Waals surface area contributed by atoms with Crippen molar-refractivity contribution in [1.29, 1.82) is 0 Å². The van der Waals surface area contributed by atoms with Crippen molar-refractivity contribution >= 4 is 0 Å². The lowest BCUT2D eigenvalue weighted by atomic mass is 9.32. The van der Waals surface area contributed by atoms with Gasteiger partial charge < -0.3 is 10.0 Å². The quantitative estimate of drug-likeness (QED) is 0.360. The molecule has 0 bridgehead atoms. The molecule has 5 aliphatic rings. The van der Waals surface area contributed by atoms with Crippen molar-refractivity contribution in [2.24, 2.45) is 56.7 Å². The molecular formula is C35H61NO. The highest BCUT2D eigenvalue weighted by Gasteiger charge is 2.70. The molecule has 0 aromatic carbocycles. The minimum absolute atomic E-state index is 0.0503. The van der Waals surface area contributed by atoms with Crippen molar-refractivity contribution in [3.8, 4) is 0 Å². The molecular weight excluding hydrogens is 450 g/mol. The molecule has 2 heteroatoms. The zero-order valence-corrected chi connectivity index (χ0v) is 26.0. The van der Waals surface area contributed by atoms with Crippen molar-refractivity contribution in [3.63, 3.8) is 0 Å². The number of allylic oxidation sites excluding steroid dienone is 1. The van der Waals surface area contributed by atoms with E-state index < -0.39 is 0 Å². The van der Waals surface area contributed by atoms with Crippen LogP contribution in [-0.4, -0.2) is 35.7 Å². The van der Waals surface area contributed by atoms with Gasteiger partial charge in [-0.3, -0.25) is 0 Å². The van der Waals surface area contributed by atoms with Gasteiger partial charge in [0.15, 0.2) is 0 Å². The first-order valence-corrected chi connectivity index (χ1v) is 16.4. The summed E-state index contributed by atoms with van der Waals surface area (Å²) in [6.45, 7) is 28.3. The van der Waals surface area contributed by atoms with Crippen molar-refractivity contribution in [3.05, 3.63) is 12.2 Å². The summed E-state index contributed by atoms with van der Waals surface area (Å²) in [5.74, 6) is 3.89. The van der Waals surface area contributed by atoms with Crippen LogP contribution in [-0.2, 0) is 0 Å². The van der Waals surface area contributed by atoms with Gasteiger partial charge in [-0.05, 0) is 154 Å². The number of rotatable bonds is 6. The Hall–Kier alpha value is -0.340. The third-order valence-corrected chi connectivity index (χ3v) is 15.0. The summed E-state index contributed by atoms with van der Waals surface area (Å²) >= 11 is 0. The van der Waals surface area contributed by atoms with Crippen LogP contribution in [0.2, 0.25) is 0 Å². The van der Waals surface area contributed by atoms with Crippen molar-refractivity contribution in [2.45, 2.75) is 132 Å². The monoisotopic (exact) mass is 511 g/mol. The number of hydrogen-bond donors (Lipinski definition) is 1. The molecule has 0 radical (unpaired) electrons. The van der Waals surface area contributed by atoms with Crippen LogP contribution in [0.5, 0.6) is 0 Å². The minimum Gasteiger partial charge on any atom is -0.393 e. The fourth-order valence-corrected chi connectivity index (χ4v) is 12.6. The maximum atomic E-state index is 11.0. The predicted octanol–water partition coefficient (Wildman–Crippen LogP) is 8.74. The number of aliphatic hydroxyl groups excluding tert-OH is 1. The van der Waals surface area contributed by atoms with E-state index in [1.54, 1.807) is 0 Å². The summed E-state index contributed by atoms with van der Waals surface area (Å²) < 4.78 is 0. The maximum absolute atomic E-state index is 11.0. The average molecular weight is 512 g/mol. The summed E-state index contributed by atoms with van der Waals surface area (Å²) in [6, 6.07) is 0. The smallest absolute Gasteiger partial charge is 0.0594 e. The van der Waals surface area contributed by atoms with Crippen molar-refractivity contribution < 1.29 is 5.11 Å². The number of nitrogens with zero attached hydrogens (tertiary/aromatic N) is 1. The molecule has 0 heterocycles. The van der Waals surface area contributed by atoms with E-state index in [1.807, 2.05) is 0 Å². The number of hydrogen-bond acceptors (Lipinski definition) is 2. The van der Waals surface area contributed by atoms with Gasteiger partial charge in [-0.2, -0.15) is 0 Å². The summed E-state index contributed by atoms with van der Waals surface area (Å²) in [6.07, 6.45) is 14.8. The first-order chi connectivity index (χ1) is 17.3. The van der Waals surface area contributed by atoms with Gasteiger partial charge in [-0.1, -0.05) is 60.6 Å². The standard InChI is InChI=1S/C35H61NO/c1-10-36(11-2)23-22-35-19-14-25(24(3)4)30(35)26-12-13-28-32(7)17-16-29(37)31(5,6)27(32)15-18-34(28,9)33(26,8)20-21-35/h25-30,37H,3,10-23H2,1-2,4-9H3/t25-,26+,27-,28+,29-,30+,32-,33+,34+,35+/m0/s1. The molecule has 0 aromatic heterocycles. The van der Waals surface area contributed by atoms with Crippen LogP contribution in [0.15, 0.2) is 12.2 Å². The van der Waals surface area contributed by atoms with Crippen LogP contribution in [0.25, 0.3) is 0 Å². The highest BCUT2D eigenvalue weighted by atomic mass is 16.3. The van der Waals surface area contributed by atoms with E-state index >= 15 is 0 Å². The Morgan fingerprint density at radius 2 is 1.51 bits per heavy atom. The van der Waals surface area contributed by atoms with E-state index in [-0.39, 0.29) is 11.5 Å².